The van der Waals surface area contributed by atoms with Crippen molar-refractivity contribution in [3.05, 3.63) is 34.9 Å². The van der Waals surface area contributed by atoms with Crippen LogP contribution >= 0.6 is 11.6 Å². The van der Waals surface area contributed by atoms with Crippen molar-refractivity contribution >= 4 is 17.5 Å². The fraction of sp³-hybridized carbons (Fsp3) is 0.562. The maximum absolute atomic E-state index is 12.3. The Morgan fingerprint density at radius 2 is 2.25 bits per heavy atom. The van der Waals surface area contributed by atoms with E-state index in [9.17, 15) is 4.79 Å². The molecule has 0 spiro atoms. The molecule has 1 amide bonds. The molecule has 4 heteroatoms. The SMILES string of the molecule is CCC1CCNC(C(=O)N[C@@H](C)c2ccccc2Cl)C1. The number of rotatable bonds is 4. The molecule has 20 heavy (non-hydrogen) atoms. The first-order valence-corrected chi connectivity index (χ1v) is 7.77. The summed E-state index contributed by atoms with van der Waals surface area (Å²) in [6.07, 6.45) is 3.24. The molecule has 0 saturated carbocycles. The van der Waals surface area contributed by atoms with Gasteiger partial charge in [0.05, 0.1) is 12.1 Å². The Morgan fingerprint density at radius 1 is 1.50 bits per heavy atom. The molecule has 1 fully saturated rings. The lowest BCUT2D eigenvalue weighted by molar-refractivity contribution is -0.124. The third-order valence-electron chi connectivity index (χ3n) is 4.14. The van der Waals surface area contributed by atoms with Gasteiger partial charge in [-0.1, -0.05) is 43.1 Å². The number of amides is 1. The standard InChI is InChI=1S/C16H23ClN2O/c1-3-12-8-9-18-15(10-12)16(20)19-11(2)13-6-4-5-7-14(13)17/h4-7,11-12,15,18H,3,8-10H2,1-2H3,(H,19,20)/t11-,12?,15?/m0/s1. The predicted octanol–water partition coefficient (Wildman–Crippen LogP) is 3.30. The van der Waals surface area contributed by atoms with E-state index in [4.69, 9.17) is 11.6 Å². The van der Waals surface area contributed by atoms with E-state index >= 15 is 0 Å². The Kier molecular flexibility index (Phi) is 5.44. The Hall–Kier alpha value is -1.06. The van der Waals surface area contributed by atoms with Crippen LogP contribution in [0.3, 0.4) is 0 Å². The lowest BCUT2D eigenvalue weighted by Gasteiger charge is -2.30. The second-order valence-electron chi connectivity index (χ2n) is 5.56. The molecule has 1 aliphatic heterocycles. The van der Waals surface area contributed by atoms with E-state index in [0.717, 1.165) is 24.9 Å². The lowest BCUT2D eigenvalue weighted by atomic mass is 9.90. The maximum atomic E-state index is 12.3. The van der Waals surface area contributed by atoms with Crippen molar-refractivity contribution in [2.75, 3.05) is 6.54 Å². The Morgan fingerprint density at radius 3 is 2.95 bits per heavy atom. The van der Waals surface area contributed by atoms with Gasteiger partial charge in [0, 0.05) is 5.02 Å². The number of hydrogen-bond acceptors (Lipinski definition) is 2. The van der Waals surface area contributed by atoms with Crippen LogP contribution in [0, 0.1) is 5.92 Å². The summed E-state index contributed by atoms with van der Waals surface area (Å²) >= 11 is 6.17. The van der Waals surface area contributed by atoms with Gasteiger partial charge in [0.2, 0.25) is 5.91 Å². The number of halogens is 1. The average molecular weight is 295 g/mol. The molecular weight excluding hydrogens is 272 g/mol. The molecule has 110 valence electrons. The lowest BCUT2D eigenvalue weighted by Crippen LogP contribution is -2.49. The molecule has 2 N–H and O–H groups in total. The summed E-state index contributed by atoms with van der Waals surface area (Å²) in [5.74, 6) is 0.734. The number of piperidine rings is 1. The molecule has 1 aliphatic rings. The zero-order chi connectivity index (χ0) is 14.5. The van der Waals surface area contributed by atoms with Gasteiger partial charge >= 0.3 is 0 Å². The van der Waals surface area contributed by atoms with E-state index in [-0.39, 0.29) is 18.0 Å². The Balaban J connectivity index is 1.95. The molecule has 1 heterocycles. The summed E-state index contributed by atoms with van der Waals surface area (Å²) in [6, 6.07) is 7.51. The van der Waals surface area contributed by atoms with E-state index < -0.39 is 0 Å². The van der Waals surface area contributed by atoms with Crippen LogP contribution in [-0.4, -0.2) is 18.5 Å². The van der Waals surface area contributed by atoms with E-state index in [0.29, 0.717) is 10.9 Å². The fourth-order valence-electron chi connectivity index (χ4n) is 2.78. The monoisotopic (exact) mass is 294 g/mol. The van der Waals surface area contributed by atoms with Crippen molar-refractivity contribution in [3.8, 4) is 0 Å². The van der Waals surface area contributed by atoms with Gasteiger partial charge in [0.25, 0.3) is 0 Å². The first-order chi connectivity index (χ1) is 9.61. The van der Waals surface area contributed by atoms with Crippen LogP contribution < -0.4 is 10.6 Å². The van der Waals surface area contributed by atoms with Gasteiger partial charge in [-0.25, -0.2) is 0 Å². The van der Waals surface area contributed by atoms with Crippen molar-refractivity contribution in [3.63, 3.8) is 0 Å². The van der Waals surface area contributed by atoms with Crippen molar-refractivity contribution in [1.82, 2.24) is 10.6 Å². The summed E-state index contributed by atoms with van der Waals surface area (Å²) in [6.45, 7) is 5.09. The van der Waals surface area contributed by atoms with E-state index in [1.54, 1.807) is 0 Å². The minimum atomic E-state index is -0.0707. The van der Waals surface area contributed by atoms with Gasteiger partial charge in [-0.2, -0.15) is 0 Å². The summed E-state index contributed by atoms with van der Waals surface area (Å²) in [5.41, 5.74) is 0.963. The zero-order valence-corrected chi connectivity index (χ0v) is 12.9. The molecule has 0 radical (unpaired) electrons. The highest BCUT2D eigenvalue weighted by atomic mass is 35.5. The van der Waals surface area contributed by atoms with E-state index in [2.05, 4.69) is 17.6 Å². The van der Waals surface area contributed by atoms with Gasteiger partial charge in [-0.15, -0.1) is 0 Å². The van der Waals surface area contributed by atoms with Crippen LogP contribution in [0.2, 0.25) is 5.02 Å². The first kappa shape index (κ1) is 15.3. The van der Waals surface area contributed by atoms with Gasteiger partial charge in [-0.05, 0) is 43.9 Å². The summed E-state index contributed by atoms with van der Waals surface area (Å²) in [7, 11) is 0. The second kappa shape index (κ2) is 7.09. The number of benzene rings is 1. The zero-order valence-electron chi connectivity index (χ0n) is 12.2. The number of carbonyl (C=O) groups excluding carboxylic acids is 1. The van der Waals surface area contributed by atoms with E-state index in [1.807, 2.05) is 31.2 Å². The van der Waals surface area contributed by atoms with Gasteiger partial charge in [0.1, 0.15) is 0 Å². The normalized spacial score (nSPS) is 24.1. The molecule has 0 bridgehead atoms. The topological polar surface area (TPSA) is 41.1 Å². The van der Waals surface area contributed by atoms with Crippen LogP contribution in [0.5, 0.6) is 0 Å². The molecule has 1 aromatic rings. The third kappa shape index (κ3) is 3.74. The van der Waals surface area contributed by atoms with Crippen molar-refractivity contribution in [2.45, 2.75) is 45.2 Å². The Bertz CT molecular complexity index is 464. The maximum Gasteiger partial charge on any atom is 0.237 e. The molecule has 3 atom stereocenters. The molecule has 0 aliphatic carbocycles. The quantitative estimate of drug-likeness (QED) is 0.894. The molecule has 0 aromatic heterocycles. The van der Waals surface area contributed by atoms with Crippen LogP contribution in [-0.2, 0) is 4.79 Å². The highest BCUT2D eigenvalue weighted by Gasteiger charge is 2.26. The van der Waals surface area contributed by atoms with Gasteiger partial charge in [0.15, 0.2) is 0 Å². The van der Waals surface area contributed by atoms with Crippen molar-refractivity contribution < 1.29 is 4.79 Å². The first-order valence-electron chi connectivity index (χ1n) is 7.40. The van der Waals surface area contributed by atoms with Crippen LogP contribution in [0.4, 0.5) is 0 Å². The largest absolute Gasteiger partial charge is 0.348 e. The Labute approximate surface area is 126 Å². The summed E-state index contributed by atoms with van der Waals surface area (Å²) in [5, 5.41) is 7.07. The summed E-state index contributed by atoms with van der Waals surface area (Å²) in [4.78, 5) is 12.3. The van der Waals surface area contributed by atoms with Crippen molar-refractivity contribution in [1.29, 1.82) is 0 Å². The third-order valence-corrected chi connectivity index (χ3v) is 4.48. The van der Waals surface area contributed by atoms with Crippen LogP contribution in [0.1, 0.15) is 44.7 Å². The molecule has 2 unspecified atom stereocenters. The second-order valence-corrected chi connectivity index (χ2v) is 5.96. The molecule has 3 nitrogen and oxygen atoms in total. The smallest absolute Gasteiger partial charge is 0.237 e. The predicted molar refractivity (Wildman–Crippen MR) is 82.8 cm³/mol. The minimum Gasteiger partial charge on any atom is -0.348 e. The summed E-state index contributed by atoms with van der Waals surface area (Å²) < 4.78 is 0. The van der Waals surface area contributed by atoms with Gasteiger partial charge in [-0.3, -0.25) is 4.79 Å². The van der Waals surface area contributed by atoms with Crippen LogP contribution in [0.15, 0.2) is 24.3 Å². The molecule has 2 rings (SSSR count). The highest BCUT2D eigenvalue weighted by Crippen LogP contribution is 2.23. The highest BCUT2D eigenvalue weighted by molar-refractivity contribution is 6.31. The number of nitrogens with one attached hydrogen (secondary N) is 2. The number of hydrogen-bond donors (Lipinski definition) is 2. The van der Waals surface area contributed by atoms with E-state index in [1.165, 1.54) is 6.42 Å². The number of carbonyl (C=O) groups is 1. The fourth-order valence-corrected chi connectivity index (χ4v) is 3.08. The minimum absolute atomic E-state index is 0.0694. The molecule has 1 saturated heterocycles. The average Bonchev–Trinajstić information content (AvgIpc) is 2.47. The molecular formula is C16H23ClN2O. The molecule has 1 aromatic carbocycles. The van der Waals surface area contributed by atoms with Crippen LogP contribution in [0.25, 0.3) is 0 Å². The van der Waals surface area contributed by atoms with Crippen molar-refractivity contribution in [2.24, 2.45) is 5.92 Å². The van der Waals surface area contributed by atoms with Gasteiger partial charge < -0.3 is 10.6 Å².